The van der Waals surface area contributed by atoms with Gasteiger partial charge in [0.15, 0.2) is 12.4 Å². The zero-order chi connectivity index (χ0) is 22.7. The number of carbonyl (C=O) groups is 1. The summed E-state index contributed by atoms with van der Waals surface area (Å²) in [4.78, 5) is 17.0. The Labute approximate surface area is 185 Å². The van der Waals surface area contributed by atoms with Crippen molar-refractivity contribution in [1.29, 1.82) is 5.26 Å². The summed E-state index contributed by atoms with van der Waals surface area (Å²) in [6.45, 7) is 3.92. The average Bonchev–Trinajstić information content (AvgIpc) is 3.31. The van der Waals surface area contributed by atoms with Crippen molar-refractivity contribution in [3.8, 4) is 29.2 Å². The number of nitrogens with one attached hydrogen (secondary N) is 1. The van der Waals surface area contributed by atoms with Gasteiger partial charge in [-0.05, 0) is 43.7 Å². The highest BCUT2D eigenvalue weighted by Crippen LogP contribution is 2.38. The molecule has 1 N–H and O–H groups in total. The third kappa shape index (κ3) is 4.43. The van der Waals surface area contributed by atoms with Crippen LogP contribution in [-0.4, -0.2) is 30.2 Å². The highest BCUT2D eigenvalue weighted by molar-refractivity contribution is 5.92. The second-order valence-corrected chi connectivity index (χ2v) is 7.98. The Balaban J connectivity index is 1.62. The van der Waals surface area contributed by atoms with Gasteiger partial charge in [0.25, 0.3) is 5.91 Å². The molecular formula is C24H23N3O5. The molecular weight excluding hydrogens is 410 g/mol. The van der Waals surface area contributed by atoms with Crippen LogP contribution >= 0.6 is 0 Å². The Bertz CT molecular complexity index is 1180. The van der Waals surface area contributed by atoms with E-state index in [0.717, 1.165) is 11.1 Å². The summed E-state index contributed by atoms with van der Waals surface area (Å²) < 4.78 is 22.4. The summed E-state index contributed by atoms with van der Waals surface area (Å²) in [7, 11) is 1.55. The molecule has 1 amide bonds. The minimum absolute atomic E-state index is 0.0937. The van der Waals surface area contributed by atoms with Crippen LogP contribution in [0.25, 0.3) is 11.5 Å². The van der Waals surface area contributed by atoms with Crippen LogP contribution in [0, 0.1) is 11.3 Å². The van der Waals surface area contributed by atoms with Gasteiger partial charge >= 0.3 is 0 Å². The van der Waals surface area contributed by atoms with E-state index in [1.807, 2.05) is 13.8 Å². The Morgan fingerprint density at radius 1 is 1.28 bits per heavy atom. The Morgan fingerprint density at radius 2 is 2.12 bits per heavy atom. The molecule has 2 aromatic heterocycles. The van der Waals surface area contributed by atoms with E-state index in [0.29, 0.717) is 41.5 Å². The molecule has 3 heterocycles. The zero-order valence-corrected chi connectivity index (χ0v) is 18.1. The second kappa shape index (κ2) is 8.73. The Kier molecular flexibility index (Phi) is 5.84. The predicted molar refractivity (Wildman–Crippen MR) is 116 cm³/mol. The topological polar surface area (TPSA) is 107 Å². The quantitative estimate of drug-likeness (QED) is 0.624. The van der Waals surface area contributed by atoms with Gasteiger partial charge < -0.3 is 23.9 Å². The van der Waals surface area contributed by atoms with Crippen molar-refractivity contribution < 1.29 is 23.4 Å². The number of rotatable bonds is 6. The first-order chi connectivity index (χ1) is 15.4. The molecule has 0 saturated heterocycles. The van der Waals surface area contributed by atoms with E-state index in [4.69, 9.17) is 18.6 Å². The first kappa shape index (κ1) is 21.4. The van der Waals surface area contributed by atoms with E-state index >= 15 is 0 Å². The molecule has 1 aliphatic heterocycles. The SMILES string of the molecule is COc1cccc(NC(=O)COc2nc(-c3ccco3)c3c(c2C#N)CC(C)(C)OC3)c1. The zero-order valence-electron chi connectivity index (χ0n) is 18.1. The summed E-state index contributed by atoms with van der Waals surface area (Å²) in [6.07, 6.45) is 2.06. The molecule has 1 aliphatic rings. The molecule has 8 heteroatoms. The largest absolute Gasteiger partial charge is 0.497 e. The number of nitrogens with zero attached hydrogens (tertiary/aromatic N) is 2. The lowest BCUT2D eigenvalue weighted by Crippen LogP contribution is -2.33. The van der Waals surface area contributed by atoms with Gasteiger partial charge in [-0.2, -0.15) is 5.26 Å². The van der Waals surface area contributed by atoms with E-state index in [1.165, 1.54) is 0 Å². The van der Waals surface area contributed by atoms with Crippen molar-refractivity contribution in [2.75, 3.05) is 19.0 Å². The molecule has 0 fully saturated rings. The van der Waals surface area contributed by atoms with Gasteiger partial charge in [-0.15, -0.1) is 0 Å². The standard InChI is InChI=1S/C24H23N3O5/c1-24(2)11-17-18(12-25)23(27-22(19(17)13-32-24)20-8-5-9-30-20)31-14-21(28)26-15-6-4-7-16(10-15)29-3/h4-10H,11,13-14H2,1-3H3,(H,26,28). The smallest absolute Gasteiger partial charge is 0.262 e. The molecule has 8 nitrogen and oxygen atoms in total. The van der Waals surface area contributed by atoms with E-state index in [9.17, 15) is 10.1 Å². The van der Waals surface area contributed by atoms with Gasteiger partial charge in [-0.3, -0.25) is 4.79 Å². The molecule has 0 radical (unpaired) electrons. The summed E-state index contributed by atoms with van der Waals surface area (Å²) >= 11 is 0. The number of aromatic nitrogens is 1. The van der Waals surface area contributed by atoms with Crippen LogP contribution in [0.2, 0.25) is 0 Å². The Hall–Kier alpha value is -3.83. The first-order valence-corrected chi connectivity index (χ1v) is 10.1. The van der Waals surface area contributed by atoms with Crippen LogP contribution in [-0.2, 0) is 22.6 Å². The summed E-state index contributed by atoms with van der Waals surface area (Å²) in [6, 6.07) is 12.7. The molecule has 0 unspecified atom stereocenters. The normalized spacial score (nSPS) is 14.2. The van der Waals surface area contributed by atoms with Gasteiger partial charge in [0, 0.05) is 23.7 Å². The number of hydrogen-bond acceptors (Lipinski definition) is 7. The number of carbonyl (C=O) groups excluding carboxylic acids is 1. The molecule has 32 heavy (non-hydrogen) atoms. The van der Waals surface area contributed by atoms with E-state index in [1.54, 1.807) is 49.8 Å². The van der Waals surface area contributed by atoms with Crippen LogP contribution in [0.5, 0.6) is 11.6 Å². The highest BCUT2D eigenvalue weighted by atomic mass is 16.5. The van der Waals surface area contributed by atoms with Gasteiger partial charge in [0.05, 0.1) is 25.6 Å². The van der Waals surface area contributed by atoms with Gasteiger partial charge in [-0.1, -0.05) is 6.07 Å². The number of hydrogen-bond donors (Lipinski definition) is 1. The minimum Gasteiger partial charge on any atom is -0.497 e. The monoisotopic (exact) mass is 433 g/mol. The number of ether oxygens (including phenoxy) is 3. The van der Waals surface area contributed by atoms with E-state index < -0.39 is 5.60 Å². The van der Waals surface area contributed by atoms with Crippen molar-refractivity contribution in [2.45, 2.75) is 32.5 Å². The lowest BCUT2D eigenvalue weighted by atomic mass is 9.88. The van der Waals surface area contributed by atoms with Crippen LogP contribution in [0.4, 0.5) is 5.69 Å². The van der Waals surface area contributed by atoms with Gasteiger partial charge in [0.2, 0.25) is 5.88 Å². The molecule has 4 rings (SSSR count). The lowest BCUT2D eigenvalue weighted by Gasteiger charge is -2.33. The first-order valence-electron chi connectivity index (χ1n) is 10.1. The molecule has 3 aromatic rings. The summed E-state index contributed by atoms with van der Waals surface area (Å²) in [5, 5.41) is 12.6. The van der Waals surface area contributed by atoms with E-state index in [2.05, 4.69) is 16.4 Å². The summed E-state index contributed by atoms with van der Waals surface area (Å²) in [5.41, 5.74) is 2.58. The molecule has 1 aromatic carbocycles. The predicted octanol–water partition coefficient (Wildman–Crippen LogP) is 4.09. The second-order valence-electron chi connectivity index (χ2n) is 7.98. The lowest BCUT2D eigenvalue weighted by molar-refractivity contribution is -0.118. The molecule has 164 valence electrons. The van der Waals surface area contributed by atoms with Crippen molar-refractivity contribution in [1.82, 2.24) is 4.98 Å². The molecule has 0 spiro atoms. The minimum atomic E-state index is -0.443. The molecule has 0 aliphatic carbocycles. The number of benzene rings is 1. The van der Waals surface area contributed by atoms with Crippen molar-refractivity contribution in [3.63, 3.8) is 0 Å². The van der Waals surface area contributed by atoms with Crippen LogP contribution in [0.3, 0.4) is 0 Å². The Morgan fingerprint density at radius 3 is 2.84 bits per heavy atom. The molecule has 0 bridgehead atoms. The fraction of sp³-hybridized carbons (Fsp3) is 0.292. The average molecular weight is 433 g/mol. The molecule has 0 saturated carbocycles. The number of anilines is 1. The van der Waals surface area contributed by atoms with Crippen molar-refractivity contribution in [2.24, 2.45) is 0 Å². The number of methoxy groups -OCH3 is 1. The number of amides is 1. The molecule has 0 atom stereocenters. The maximum atomic E-state index is 12.5. The third-order valence-corrected chi connectivity index (χ3v) is 5.15. The van der Waals surface area contributed by atoms with Crippen LogP contribution in [0.1, 0.15) is 30.5 Å². The maximum Gasteiger partial charge on any atom is 0.262 e. The van der Waals surface area contributed by atoms with Crippen LogP contribution < -0.4 is 14.8 Å². The third-order valence-electron chi connectivity index (χ3n) is 5.15. The van der Waals surface area contributed by atoms with Crippen molar-refractivity contribution in [3.05, 3.63) is 59.4 Å². The number of fused-ring (bicyclic) bond motifs is 1. The van der Waals surface area contributed by atoms with Crippen molar-refractivity contribution >= 4 is 11.6 Å². The summed E-state index contributed by atoms with van der Waals surface area (Å²) in [5.74, 6) is 0.875. The number of nitriles is 1. The maximum absolute atomic E-state index is 12.5. The van der Waals surface area contributed by atoms with Gasteiger partial charge in [-0.25, -0.2) is 4.98 Å². The van der Waals surface area contributed by atoms with Gasteiger partial charge in [0.1, 0.15) is 23.1 Å². The number of pyridine rings is 1. The number of furan rings is 1. The fourth-order valence-electron chi connectivity index (χ4n) is 3.61. The highest BCUT2D eigenvalue weighted by Gasteiger charge is 2.33. The van der Waals surface area contributed by atoms with Crippen LogP contribution in [0.15, 0.2) is 47.1 Å². The van der Waals surface area contributed by atoms with E-state index in [-0.39, 0.29) is 18.4 Å². The fourth-order valence-corrected chi connectivity index (χ4v) is 3.61.